The maximum atomic E-state index is 5.61. The van der Waals surface area contributed by atoms with Gasteiger partial charge in [0, 0.05) is 0 Å². The SMILES string of the molecule is Cc1ccccc1[C@H]1N=C(N)NC(=S)N1. The first-order valence-corrected chi connectivity index (χ1v) is 5.04. The number of nitrogens with two attached hydrogens (primary N) is 1. The average Bonchev–Trinajstić information content (AvgIpc) is 2.16. The van der Waals surface area contributed by atoms with Gasteiger partial charge in [-0.2, -0.15) is 0 Å². The van der Waals surface area contributed by atoms with Gasteiger partial charge in [-0.3, -0.25) is 0 Å². The molecule has 78 valence electrons. The second-order valence-electron chi connectivity index (χ2n) is 3.37. The first kappa shape index (κ1) is 9.92. The van der Waals surface area contributed by atoms with Crippen molar-refractivity contribution < 1.29 is 0 Å². The number of hydrogen-bond donors (Lipinski definition) is 3. The van der Waals surface area contributed by atoms with Gasteiger partial charge in [0.2, 0.25) is 0 Å². The fourth-order valence-corrected chi connectivity index (χ4v) is 1.74. The zero-order valence-electron chi connectivity index (χ0n) is 8.32. The van der Waals surface area contributed by atoms with E-state index in [1.807, 2.05) is 31.2 Å². The van der Waals surface area contributed by atoms with E-state index >= 15 is 0 Å². The van der Waals surface area contributed by atoms with Crippen LogP contribution in [0.1, 0.15) is 17.3 Å². The molecule has 0 radical (unpaired) electrons. The van der Waals surface area contributed by atoms with Gasteiger partial charge >= 0.3 is 0 Å². The predicted molar refractivity (Wildman–Crippen MR) is 64.4 cm³/mol. The molecule has 0 unspecified atom stereocenters. The summed E-state index contributed by atoms with van der Waals surface area (Å²) in [6.45, 7) is 2.04. The maximum Gasteiger partial charge on any atom is 0.197 e. The largest absolute Gasteiger partial charge is 0.370 e. The molecule has 4 N–H and O–H groups in total. The molecule has 4 nitrogen and oxygen atoms in total. The van der Waals surface area contributed by atoms with E-state index in [1.165, 1.54) is 0 Å². The first-order chi connectivity index (χ1) is 7.16. The number of rotatable bonds is 1. The lowest BCUT2D eigenvalue weighted by Gasteiger charge is -2.24. The Bertz CT molecular complexity index is 427. The smallest absolute Gasteiger partial charge is 0.197 e. The number of guanidine groups is 1. The highest BCUT2D eigenvalue weighted by Gasteiger charge is 2.18. The van der Waals surface area contributed by atoms with Gasteiger partial charge in [0.1, 0.15) is 0 Å². The molecule has 0 bridgehead atoms. The number of thiocarbonyl (C=S) groups is 1. The van der Waals surface area contributed by atoms with E-state index in [-0.39, 0.29) is 6.17 Å². The van der Waals surface area contributed by atoms with Gasteiger partial charge in [-0.25, -0.2) is 4.99 Å². The number of aliphatic imine (C=N–C) groups is 1. The molecule has 2 rings (SSSR count). The van der Waals surface area contributed by atoms with Crippen LogP contribution in [-0.4, -0.2) is 11.1 Å². The van der Waals surface area contributed by atoms with Crippen molar-refractivity contribution in [3.8, 4) is 0 Å². The Morgan fingerprint density at radius 1 is 1.40 bits per heavy atom. The van der Waals surface area contributed by atoms with Crippen LogP contribution in [0.15, 0.2) is 29.3 Å². The van der Waals surface area contributed by atoms with Crippen LogP contribution in [0.2, 0.25) is 0 Å². The Hall–Kier alpha value is -1.62. The second-order valence-corrected chi connectivity index (χ2v) is 3.78. The molecule has 0 amide bonds. The number of nitrogens with one attached hydrogen (secondary N) is 2. The van der Waals surface area contributed by atoms with Crippen LogP contribution >= 0.6 is 12.2 Å². The molecule has 15 heavy (non-hydrogen) atoms. The van der Waals surface area contributed by atoms with E-state index in [9.17, 15) is 0 Å². The van der Waals surface area contributed by atoms with E-state index in [1.54, 1.807) is 0 Å². The van der Waals surface area contributed by atoms with Crippen LogP contribution in [-0.2, 0) is 0 Å². The van der Waals surface area contributed by atoms with Crippen molar-refractivity contribution in [1.29, 1.82) is 0 Å². The van der Waals surface area contributed by atoms with Gasteiger partial charge in [-0.1, -0.05) is 24.3 Å². The average molecular weight is 220 g/mol. The number of aryl methyl sites for hydroxylation is 1. The highest BCUT2D eigenvalue weighted by molar-refractivity contribution is 7.80. The normalized spacial score (nSPS) is 20.2. The quantitative estimate of drug-likeness (QED) is 0.612. The molecule has 0 aromatic heterocycles. The summed E-state index contributed by atoms with van der Waals surface area (Å²) < 4.78 is 0. The van der Waals surface area contributed by atoms with E-state index < -0.39 is 0 Å². The van der Waals surface area contributed by atoms with Gasteiger partial charge < -0.3 is 16.4 Å². The predicted octanol–water partition coefficient (Wildman–Crippen LogP) is 0.786. The Kier molecular flexibility index (Phi) is 2.55. The van der Waals surface area contributed by atoms with Crippen LogP contribution in [0.4, 0.5) is 0 Å². The molecule has 0 aliphatic carbocycles. The van der Waals surface area contributed by atoms with E-state index in [4.69, 9.17) is 18.0 Å². The molecule has 1 aliphatic heterocycles. The lowest BCUT2D eigenvalue weighted by Crippen LogP contribution is -2.49. The van der Waals surface area contributed by atoms with Gasteiger partial charge in [0.25, 0.3) is 0 Å². The number of hydrogen-bond acceptors (Lipinski definition) is 3. The van der Waals surface area contributed by atoms with Gasteiger partial charge in [0.05, 0.1) is 0 Å². The molecular weight excluding hydrogens is 208 g/mol. The third kappa shape index (κ3) is 2.07. The molecule has 1 atom stereocenters. The van der Waals surface area contributed by atoms with E-state index in [0.717, 1.165) is 11.1 Å². The van der Waals surface area contributed by atoms with Crippen molar-refractivity contribution in [2.75, 3.05) is 0 Å². The number of nitrogens with zero attached hydrogens (tertiary/aromatic N) is 1. The van der Waals surface area contributed by atoms with Crippen molar-refractivity contribution >= 4 is 23.3 Å². The Morgan fingerprint density at radius 3 is 2.80 bits per heavy atom. The van der Waals surface area contributed by atoms with Crippen LogP contribution < -0.4 is 16.4 Å². The highest BCUT2D eigenvalue weighted by atomic mass is 32.1. The van der Waals surface area contributed by atoms with Gasteiger partial charge in [-0.05, 0) is 30.3 Å². The highest BCUT2D eigenvalue weighted by Crippen LogP contribution is 2.19. The standard InChI is InChI=1S/C10H12N4S/c1-6-4-2-3-5-7(6)8-12-9(11)14-10(15)13-8/h2-5,8H,1H3,(H4,11,12,13,14,15)/t8-/m0/s1. The summed E-state index contributed by atoms with van der Waals surface area (Å²) in [6.07, 6.45) is -0.181. The van der Waals surface area contributed by atoms with E-state index in [0.29, 0.717) is 11.1 Å². The van der Waals surface area contributed by atoms with Crippen molar-refractivity contribution in [3.05, 3.63) is 35.4 Å². The topological polar surface area (TPSA) is 62.4 Å². The minimum Gasteiger partial charge on any atom is -0.370 e. The Labute approximate surface area is 93.6 Å². The van der Waals surface area contributed by atoms with E-state index in [2.05, 4.69) is 15.6 Å². The first-order valence-electron chi connectivity index (χ1n) is 4.63. The third-order valence-electron chi connectivity index (χ3n) is 2.26. The molecule has 1 aromatic rings. The molecule has 1 aliphatic rings. The fraction of sp³-hybridized carbons (Fsp3) is 0.200. The molecule has 0 fully saturated rings. The Balaban J connectivity index is 2.36. The van der Waals surface area contributed by atoms with Crippen molar-refractivity contribution in [2.24, 2.45) is 10.7 Å². The summed E-state index contributed by atoms with van der Waals surface area (Å²) in [7, 11) is 0. The number of benzene rings is 1. The molecular formula is C10H12N4S. The zero-order valence-corrected chi connectivity index (χ0v) is 9.14. The minimum atomic E-state index is -0.181. The molecule has 5 heteroatoms. The molecule has 0 saturated carbocycles. The van der Waals surface area contributed by atoms with Crippen molar-refractivity contribution in [2.45, 2.75) is 13.1 Å². The van der Waals surface area contributed by atoms with Crippen molar-refractivity contribution in [3.63, 3.8) is 0 Å². The molecule has 0 saturated heterocycles. The van der Waals surface area contributed by atoms with Crippen molar-refractivity contribution in [1.82, 2.24) is 10.6 Å². The maximum absolute atomic E-state index is 5.61. The minimum absolute atomic E-state index is 0.181. The van der Waals surface area contributed by atoms with Crippen LogP contribution in [0.3, 0.4) is 0 Å². The second kappa shape index (κ2) is 3.86. The lowest BCUT2D eigenvalue weighted by molar-refractivity contribution is 0.656. The molecule has 0 spiro atoms. The zero-order chi connectivity index (χ0) is 10.8. The van der Waals surface area contributed by atoms with Crippen LogP contribution in [0.5, 0.6) is 0 Å². The summed E-state index contributed by atoms with van der Waals surface area (Å²) in [5.41, 5.74) is 7.86. The third-order valence-corrected chi connectivity index (χ3v) is 2.48. The summed E-state index contributed by atoms with van der Waals surface area (Å²) in [6, 6.07) is 8.01. The summed E-state index contributed by atoms with van der Waals surface area (Å²) >= 11 is 5.02. The summed E-state index contributed by atoms with van der Waals surface area (Å²) in [5, 5.41) is 6.31. The monoisotopic (exact) mass is 220 g/mol. The lowest BCUT2D eigenvalue weighted by atomic mass is 10.1. The van der Waals surface area contributed by atoms with Crippen LogP contribution in [0, 0.1) is 6.92 Å². The summed E-state index contributed by atoms with van der Waals surface area (Å²) in [5.74, 6) is 0.354. The summed E-state index contributed by atoms with van der Waals surface area (Å²) in [4.78, 5) is 4.25. The molecule has 1 heterocycles. The van der Waals surface area contributed by atoms with Gasteiger partial charge in [0.15, 0.2) is 17.2 Å². The van der Waals surface area contributed by atoms with Crippen LogP contribution in [0.25, 0.3) is 0 Å². The van der Waals surface area contributed by atoms with Gasteiger partial charge in [-0.15, -0.1) is 0 Å². The Morgan fingerprint density at radius 2 is 2.13 bits per heavy atom. The molecule has 1 aromatic carbocycles. The fourth-order valence-electron chi connectivity index (χ4n) is 1.52.